The minimum atomic E-state index is 0.511. The van der Waals surface area contributed by atoms with Crippen LogP contribution in [0.15, 0.2) is 90.6 Å². The maximum absolute atomic E-state index is 6.20. The maximum Gasteiger partial charge on any atom is 0.167 e. The summed E-state index contributed by atoms with van der Waals surface area (Å²) in [4.78, 5) is 14.1. The highest BCUT2D eigenvalue weighted by molar-refractivity contribution is 7.23. The largest absolute Gasteiger partial charge is 0.488 e. The lowest BCUT2D eigenvalue weighted by Gasteiger charge is -2.11. The van der Waals surface area contributed by atoms with E-state index >= 15 is 0 Å². The summed E-state index contributed by atoms with van der Waals surface area (Å²) in [6.45, 7) is 2.59. The Kier molecular flexibility index (Phi) is 6.04. The Morgan fingerprint density at radius 1 is 1.00 bits per heavy atom. The van der Waals surface area contributed by atoms with Crippen LogP contribution >= 0.6 is 11.3 Å². The molecule has 0 bridgehead atoms. The first-order valence-corrected chi connectivity index (χ1v) is 11.3. The molecule has 6 nitrogen and oxygen atoms in total. The van der Waals surface area contributed by atoms with Crippen molar-refractivity contribution in [2.24, 2.45) is 5.10 Å². The van der Waals surface area contributed by atoms with Crippen molar-refractivity contribution in [2.45, 2.75) is 13.5 Å². The van der Waals surface area contributed by atoms with E-state index in [4.69, 9.17) is 4.74 Å². The summed E-state index contributed by atoms with van der Waals surface area (Å²) >= 11 is 1.63. The standard InChI is InChI=1S/C26H21N5OS/c1-18-23-25(26(29-17-28-23)31-30-15-20-10-7-13-27-14-20)33-24(18)21-11-5-6-12-22(21)32-16-19-8-3-2-4-9-19/h2-15,17H,16H2,1H3,(H,28,29,31)/b30-15+. The van der Waals surface area contributed by atoms with Gasteiger partial charge in [-0.3, -0.25) is 10.4 Å². The molecule has 0 amide bonds. The number of pyridine rings is 1. The second-order valence-corrected chi connectivity index (χ2v) is 8.40. The summed E-state index contributed by atoms with van der Waals surface area (Å²) < 4.78 is 7.15. The third-order valence-electron chi connectivity index (χ3n) is 5.14. The van der Waals surface area contributed by atoms with Crippen molar-refractivity contribution < 1.29 is 4.74 Å². The number of hydrazone groups is 1. The van der Waals surface area contributed by atoms with Gasteiger partial charge < -0.3 is 4.74 Å². The average molecular weight is 452 g/mol. The number of aryl methyl sites for hydroxylation is 1. The second kappa shape index (κ2) is 9.58. The third-order valence-corrected chi connectivity index (χ3v) is 6.46. The van der Waals surface area contributed by atoms with E-state index in [9.17, 15) is 0 Å². The number of para-hydroxylation sites is 1. The summed E-state index contributed by atoms with van der Waals surface area (Å²) in [5, 5.41) is 4.33. The molecule has 0 aliphatic heterocycles. The molecule has 0 aliphatic carbocycles. The zero-order valence-corrected chi connectivity index (χ0v) is 18.8. The van der Waals surface area contributed by atoms with Crippen LogP contribution in [0.2, 0.25) is 0 Å². The highest BCUT2D eigenvalue weighted by Gasteiger charge is 2.18. The van der Waals surface area contributed by atoms with Gasteiger partial charge in [0, 0.05) is 28.4 Å². The number of benzene rings is 2. The minimum absolute atomic E-state index is 0.511. The quantitative estimate of drug-likeness (QED) is 0.240. The van der Waals surface area contributed by atoms with Crippen LogP contribution in [0, 0.1) is 6.92 Å². The Hall–Kier alpha value is -4.10. The Balaban J connectivity index is 1.45. The van der Waals surface area contributed by atoms with E-state index in [0.29, 0.717) is 12.4 Å². The van der Waals surface area contributed by atoms with Crippen LogP contribution in [0.25, 0.3) is 20.7 Å². The first-order valence-electron chi connectivity index (χ1n) is 10.5. The van der Waals surface area contributed by atoms with E-state index in [2.05, 4.69) is 50.6 Å². The number of nitrogens with zero attached hydrogens (tertiary/aromatic N) is 4. The van der Waals surface area contributed by atoms with Crippen molar-refractivity contribution in [2.75, 3.05) is 5.43 Å². The number of hydrogen-bond acceptors (Lipinski definition) is 7. The van der Waals surface area contributed by atoms with Crippen molar-refractivity contribution in [3.8, 4) is 16.2 Å². The molecular weight excluding hydrogens is 430 g/mol. The van der Waals surface area contributed by atoms with Crippen molar-refractivity contribution in [3.63, 3.8) is 0 Å². The van der Waals surface area contributed by atoms with Gasteiger partial charge in [-0.2, -0.15) is 5.10 Å². The molecule has 0 unspecified atom stereocenters. The van der Waals surface area contributed by atoms with Crippen LogP contribution in [0.3, 0.4) is 0 Å². The van der Waals surface area contributed by atoms with Crippen LogP contribution in [0.5, 0.6) is 5.75 Å². The van der Waals surface area contributed by atoms with Gasteiger partial charge in [-0.15, -0.1) is 11.3 Å². The number of nitrogens with one attached hydrogen (secondary N) is 1. The van der Waals surface area contributed by atoms with Gasteiger partial charge in [0.1, 0.15) is 18.7 Å². The minimum Gasteiger partial charge on any atom is -0.488 e. The zero-order chi connectivity index (χ0) is 22.5. The zero-order valence-electron chi connectivity index (χ0n) is 18.0. The molecular formula is C26H21N5OS. The van der Waals surface area contributed by atoms with Gasteiger partial charge >= 0.3 is 0 Å². The van der Waals surface area contributed by atoms with Crippen molar-refractivity contribution in [3.05, 3.63) is 102 Å². The number of aromatic nitrogens is 3. The number of rotatable bonds is 7. The fourth-order valence-electron chi connectivity index (χ4n) is 3.50. The second-order valence-electron chi connectivity index (χ2n) is 7.38. The fourth-order valence-corrected chi connectivity index (χ4v) is 4.73. The van der Waals surface area contributed by atoms with Crippen molar-refractivity contribution in [1.82, 2.24) is 15.0 Å². The predicted molar refractivity (Wildman–Crippen MR) is 134 cm³/mol. The molecule has 5 aromatic rings. The number of thiophene rings is 1. The van der Waals surface area contributed by atoms with Crippen LogP contribution in [0.4, 0.5) is 5.82 Å². The average Bonchev–Trinajstić information content (AvgIpc) is 3.21. The first-order chi connectivity index (χ1) is 16.3. The van der Waals surface area contributed by atoms with Crippen molar-refractivity contribution >= 4 is 33.6 Å². The predicted octanol–water partition coefficient (Wildman–Crippen LogP) is 6.09. The van der Waals surface area contributed by atoms with E-state index in [-0.39, 0.29) is 0 Å². The first kappa shape index (κ1) is 20.8. The Labute approximate surface area is 195 Å². The molecule has 7 heteroatoms. The molecule has 0 aliphatic rings. The SMILES string of the molecule is Cc1c(-c2ccccc2OCc2ccccc2)sc2c(N/N=C/c3cccnc3)ncnc12. The highest BCUT2D eigenvalue weighted by Crippen LogP contribution is 2.43. The van der Waals surface area contributed by atoms with Crippen LogP contribution in [-0.2, 0) is 6.61 Å². The van der Waals surface area contributed by atoms with E-state index in [1.54, 1.807) is 36.3 Å². The normalized spacial score (nSPS) is 11.2. The van der Waals surface area contributed by atoms with Gasteiger partial charge in [-0.1, -0.05) is 48.5 Å². The Morgan fingerprint density at radius 3 is 2.70 bits per heavy atom. The highest BCUT2D eigenvalue weighted by atomic mass is 32.1. The molecule has 0 fully saturated rings. The Bertz CT molecular complexity index is 1400. The summed E-state index contributed by atoms with van der Waals surface area (Å²) in [5.41, 5.74) is 8.13. The molecule has 0 saturated carbocycles. The number of anilines is 1. The van der Waals surface area contributed by atoms with Gasteiger partial charge in [0.25, 0.3) is 0 Å². The topological polar surface area (TPSA) is 72.3 Å². The molecule has 5 rings (SSSR count). The van der Waals surface area contributed by atoms with Gasteiger partial charge in [0.15, 0.2) is 5.82 Å². The van der Waals surface area contributed by atoms with Crippen LogP contribution in [-0.4, -0.2) is 21.2 Å². The monoisotopic (exact) mass is 451 g/mol. The van der Waals surface area contributed by atoms with Gasteiger partial charge in [-0.05, 0) is 36.2 Å². The smallest absolute Gasteiger partial charge is 0.167 e. The fraction of sp³-hybridized carbons (Fsp3) is 0.0769. The molecule has 3 aromatic heterocycles. The number of ether oxygens (including phenoxy) is 1. The lowest BCUT2D eigenvalue weighted by Crippen LogP contribution is -1.96. The van der Waals surface area contributed by atoms with Crippen molar-refractivity contribution in [1.29, 1.82) is 0 Å². The molecule has 1 N–H and O–H groups in total. The molecule has 162 valence electrons. The summed E-state index contributed by atoms with van der Waals surface area (Å²) in [6, 6.07) is 22.1. The van der Waals surface area contributed by atoms with E-state index in [1.807, 2.05) is 48.5 Å². The third kappa shape index (κ3) is 4.58. The van der Waals surface area contributed by atoms with Gasteiger partial charge in [0.2, 0.25) is 0 Å². The molecule has 0 radical (unpaired) electrons. The van der Waals surface area contributed by atoms with E-state index < -0.39 is 0 Å². The Morgan fingerprint density at radius 2 is 1.85 bits per heavy atom. The lowest BCUT2D eigenvalue weighted by molar-refractivity contribution is 0.307. The van der Waals surface area contributed by atoms with E-state index in [0.717, 1.165) is 43.1 Å². The molecule has 0 spiro atoms. The molecule has 0 atom stereocenters. The maximum atomic E-state index is 6.20. The summed E-state index contributed by atoms with van der Waals surface area (Å²) in [7, 11) is 0. The number of hydrogen-bond donors (Lipinski definition) is 1. The molecule has 33 heavy (non-hydrogen) atoms. The molecule has 2 aromatic carbocycles. The molecule has 3 heterocycles. The lowest BCUT2D eigenvalue weighted by atomic mass is 10.1. The van der Waals surface area contributed by atoms with Crippen LogP contribution < -0.4 is 10.2 Å². The van der Waals surface area contributed by atoms with E-state index in [1.165, 1.54) is 0 Å². The summed E-state index contributed by atoms with van der Waals surface area (Å²) in [5.74, 6) is 1.51. The van der Waals surface area contributed by atoms with Crippen LogP contribution in [0.1, 0.15) is 16.7 Å². The van der Waals surface area contributed by atoms with Gasteiger partial charge in [0.05, 0.1) is 16.4 Å². The summed E-state index contributed by atoms with van der Waals surface area (Å²) in [6.07, 6.45) is 6.76. The number of fused-ring (bicyclic) bond motifs is 1. The van der Waals surface area contributed by atoms with Gasteiger partial charge in [-0.25, -0.2) is 9.97 Å². The molecule has 0 saturated heterocycles.